The summed E-state index contributed by atoms with van der Waals surface area (Å²) in [6.07, 6.45) is 0. The fourth-order valence-corrected chi connectivity index (χ4v) is 4.52. The molecule has 1 heterocycles. The predicted molar refractivity (Wildman–Crippen MR) is 122 cm³/mol. The number of sulfone groups is 1. The van der Waals surface area contributed by atoms with Gasteiger partial charge in [0.15, 0.2) is 9.84 Å². The lowest BCUT2D eigenvalue weighted by Crippen LogP contribution is -2.13. The van der Waals surface area contributed by atoms with E-state index in [1.54, 1.807) is 36.4 Å². The van der Waals surface area contributed by atoms with Crippen LogP contribution in [-0.4, -0.2) is 24.5 Å². The van der Waals surface area contributed by atoms with Crippen LogP contribution in [0.25, 0.3) is 11.4 Å². The predicted octanol–water partition coefficient (Wildman–Crippen LogP) is 4.41. The zero-order valence-electron chi connectivity index (χ0n) is 17.4. The molecule has 0 unspecified atom stereocenters. The van der Waals surface area contributed by atoms with Crippen molar-refractivity contribution in [3.8, 4) is 11.4 Å². The van der Waals surface area contributed by atoms with Crippen LogP contribution in [0.3, 0.4) is 0 Å². The molecule has 32 heavy (non-hydrogen) atoms. The van der Waals surface area contributed by atoms with Crippen molar-refractivity contribution >= 4 is 21.4 Å². The molecule has 3 aromatic carbocycles. The molecule has 4 rings (SSSR count). The number of nitrogens with one attached hydrogen (secondary N) is 1. The Bertz CT molecular complexity index is 1350. The number of aromatic nitrogens is 2. The van der Waals surface area contributed by atoms with Crippen molar-refractivity contribution in [1.29, 1.82) is 0 Å². The lowest BCUT2D eigenvalue weighted by molar-refractivity contribution is 0.102. The highest BCUT2D eigenvalue weighted by Gasteiger charge is 2.19. The summed E-state index contributed by atoms with van der Waals surface area (Å²) in [6.45, 7) is 1.95. The standard InChI is InChI=1S/C24H21N3O4S/c1-17-7-5-9-19(13-17)23-26-22(31-27-23)16-32(29,30)15-18-8-6-10-20(14-18)24(28)25-21-11-3-2-4-12-21/h2-14H,15-16H2,1H3,(H,25,28). The van der Waals surface area contributed by atoms with Gasteiger partial charge < -0.3 is 9.84 Å². The number of amides is 1. The van der Waals surface area contributed by atoms with Crippen LogP contribution in [-0.2, 0) is 21.3 Å². The SMILES string of the molecule is Cc1cccc(-c2noc(CS(=O)(=O)Cc3cccc(C(=O)Nc4ccccc4)c3)n2)c1. The molecule has 0 aliphatic carbocycles. The number of para-hydroxylation sites is 1. The maximum atomic E-state index is 12.7. The van der Waals surface area contributed by atoms with Crippen LogP contribution in [0.4, 0.5) is 5.69 Å². The van der Waals surface area contributed by atoms with Gasteiger partial charge >= 0.3 is 0 Å². The van der Waals surface area contributed by atoms with Gasteiger partial charge in [0.1, 0.15) is 5.75 Å². The summed E-state index contributed by atoms with van der Waals surface area (Å²) in [6, 6.07) is 23.1. The molecule has 0 spiro atoms. The first-order valence-electron chi connectivity index (χ1n) is 9.93. The maximum Gasteiger partial charge on any atom is 0.255 e. The molecule has 0 radical (unpaired) electrons. The number of benzene rings is 3. The van der Waals surface area contributed by atoms with Gasteiger partial charge in [0, 0.05) is 16.8 Å². The molecule has 0 fully saturated rings. The molecule has 0 atom stereocenters. The average Bonchev–Trinajstić information content (AvgIpc) is 3.22. The van der Waals surface area contributed by atoms with E-state index in [2.05, 4.69) is 15.5 Å². The Morgan fingerprint density at radius 1 is 0.938 bits per heavy atom. The first-order valence-corrected chi connectivity index (χ1v) is 11.8. The molecule has 1 amide bonds. The smallest absolute Gasteiger partial charge is 0.255 e. The second kappa shape index (κ2) is 9.15. The number of rotatable bonds is 7. The minimum absolute atomic E-state index is 0.0273. The number of carbonyl (C=O) groups excluding carboxylic acids is 1. The van der Waals surface area contributed by atoms with Gasteiger partial charge in [-0.05, 0) is 42.8 Å². The van der Waals surface area contributed by atoms with Crippen molar-refractivity contribution in [3.05, 3.63) is 101 Å². The Morgan fingerprint density at radius 3 is 2.50 bits per heavy atom. The third kappa shape index (κ3) is 5.47. The molecule has 0 saturated carbocycles. The monoisotopic (exact) mass is 447 g/mol. The molecule has 0 bridgehead atoms. The Kier molecular flexibility index (Phi) is 6.13. The van der Waals surface area contributed by atoms with Crippen molar-refractivity contribution in [1.82, 2.24) is 10.1 Å². The number of carbonyl (C=O) groups is 1. The molecule has 162 valence electrons. The highest BCUT2D eigenvalue weighted by atomic mass is 32.2. The van der Waals surface area contributed by atoms with E-state index >= 15 is 0 Å². The van der Waals surface area contributed by atoms with E-state index in [1.807, 2.05) is 49.4 Å². The molecule has 0 aliphatic heterocycles. The second-order valence-corrected chi connectivity index (χ2v) is 9.50. The summed E-state index contributed by atoms with van der Waals surface area (Å²) in [5, 5.41) is 6.68. The van der Waals surface area contributed by atoms with E-state index in [9.17, 15) is 13.2 Å². The quantitative estimate of drug-likeness (QED) is 0.450. The van der Waals surface area contributed by atoms with Crippen LogP contribution in [0.5, 0.6) is 0 Å². The van der Waals surface area contributed by atoms with Gasteiger partial charge in [0.2, 0.25) is 11.7 Å². The molecule has 1 N–H and O–H groups in total. The van der Waals surface area contributed by atoms with Crippen LogP contribution in [0.2, 0.25) is 0 Å². The first-order chi connectivity index (χ1) is 15.4. The fourth-order valence-electron chi connectivity index (χ4n) is 3.24. The van der Waals surface area contributed by atoms with Gasteiger partial charge in [0.25, 0.3) is 5.91 Å². The van der Waals surface area contributed by atoms with E-state index in [0.717, 1.165) is 11.1 Å². The zero-order chi connectivity index (χ0) is 22.6. The zero-order valence-corrected chi connectivity index (χ0v) is 18.2. The largest absolute Gasteiger partial charge is 0.338 e. The van der Waals surface area contributed by atoms with Crippen LogP contribution >= 0.6 is 0 Å². The number of nitrogens with zero attached hydrogens (tertiary/aromatic N) is 2. The number of hydrogen-bond acceptors (Lipinski definition) is 6. The van der Waals surface area contributed by atoms with E-state index in [-0.39, 0.29) is 23.3 Å². The molecular formula is C24H21N3O4S. The van der Waals surface area contributed by atoms with Gasteiger partial charge in [-0.25, -0.2) is 8.42 Å². The van der Waals surface area contributed by atoms with Crippen LogP contribution in [0, 0.1) is 6.92 Å². The van der Waals surface area contributed by atoms with Crippen LogP contribution < -0.4 is 5.32 Å². The summed E-state index contributed by atoms with van der Waals surface area (Å²) >= 11 is 0. The number of anilines is 1. The van der Waals surface area contributed by atoms with Crippen LogP contribution in [0.15, 0.2) is 83.4 Å². The molecule has 8 heteroatoms. The lowest BCUT2D eigenvalue weighted by Gasteiger charge is -2.07. The van der Waals surface area contributed by atoms with E-state index in [0.29, 0.717) is 22.6 Å². The summed E-state index contributed by atoms with van der Waals surface area (Å²) in [5.74, 6) is -0.568. The average molecular weight is 448 g/mol. The Labute approximate surface area is 186 Å². The van der Waals surface area contributed by atoms with Crippen molar-refractivity contribution in [2.75, 3.05) is 5.32 Å². The third-order valence-corrected chi connectivity index (χ3v) is 6.16. The highest BCUT2D eigenvalue weighted by molar-refractivity contribution is 7.89. The second-order valence-electron chi connectivity index (χ2n) is 7.43. The van der Waals surface area contributed by atoms with E-state index in [1.165, 1.54) is 0 Å². The molecular weight excluding hydrogens is 426 g/mol. The summed E-state index contributed by atoms with van der Waals surface area (Å²) in [5.41, 5.74) is 3.34. The van der Waals surface area contributed by atoms with Crippen molar-refractivity contribution < 1.29 is 17.7 Å². The summed E-state index contributed by atoms with van der Waals surface area (Å²) in [4.78, 5) is 16.7. The van der Waals surface area contributed by atoms with E-state index in [4.69, 9.17) is 4.52 Å². The third-order valence-electron chi connectivity index (χ3n) is 4.70. The normalized spacial score (nSPS) is 11.3. The van der Waals surface area contributed by atoms with Gasteiger partial charge in [-0.3, -0.25) is 4.79 Å². The van der Waals surface area contributed by atoms with Crippen LogP contribution in [0.1, 0.15) is 27.4 Å². The van der Waals surface area contributed by atoms with Gasteiger partial charge in [0.05, 0.1) is 5.75 Å². The minimum atomic E-state index is -3.59. The fraction of sp³-hybridized carbons (Fsp3) is 0.125. The summed E-state index contributed by atoms with van der Waals surface area (Å²) in [7, 11) is -3.59. The number of aryl methyl sites for hydroxylation is 1. The van der Waals surface area contributed by atoms with Crippen molar-refractivity contribution in [2.24, 2.45) is 0 Å². The van der Waals surface area contributed by atoms with Gasteiger partial charge in [-0.15, -0.1) is 0 Å². The molecule has 4 aromatic rings. The topological polar surface area (TPSA) is 102 Å². The molecule has 0 saturated heterocycles. The number of hydrogen-bond donors (Lipinski definition) is 1. The van der Waals surface area contributed by atoms with Crippen molar-refractivity contribution in [3.63, 3.8) is 0 Å². The Morgan fingerprint density at radius 2 is 1.72 bits per heavy atom. The molecule has 7 nitrogen and oxygen atoms in total. The first kappa shape index (κ1) is 21.5. The minimum Gasteiger partial charge on any atom is -0.338 e. The molecule has 0 aliphatic rings. The van der Waals surface area contributed by atoms with E-state index < -0.39 is 9.84 Å². The maximum absolute atomic E-state index is 12.7. The van der Waals surface area contributed by atoms with Gasteiger partial charge in [-0.1, -0.05) is 59.3 Å². The van der Waals surface area contributed by atoms with Crippen molar-refractivity contribution in [2.45, 2.75) is 18.4 Å². The molecule has 1 aromatic heterocycles. The highest BCUT2D eigenvalue weighted by Crippen LogP contribution is 2.19. The van der Waals surface area contributed by atoms with Gasteiger partial charge in [-0.2, -0.15) is 4.98 Å². The lowest BCUT2D eigenvalue weighted by atomic mass is 10.1. The Balaban J connectivity index is 1.45. The summed E-state index contributed by atoms with van der Waals surface area (Å²) < 4.78 is 30.6. The Hall–Kier alpha value is -3.78.